The summed E-state index contributed by atoms with van der Waals surface area (Å²) >= 11 is 7.08. The molecule has 1 aromatic heterocycles. The van der Waals surface area contributed by atoms with Crippen LogP contribution in [0.4, 0.5) is 0 Å². The molecule has 2 aromatic rings. The Balaban J connectivity index is 2.49. The van der Waals surface area contributed by atoms with Gasteiger partial charge in [0.1, 0.15) is 11.5 Å². The summed E-state index contributed by atoms with van der Waals surface area (Å²) in [5, 5.41) is 0.987. The predicted octanol–water partition coefficient (Wildman–Crippen LogP) is 4.44. The van der Waals surface area contributed by atoms with Crippen LogP contribution in [0.3, 0.4) is 0 Å². The lowest BCUT2D eigenvalue weighted by molar-refractivity contribution is 0.288. The standard InChI is InChI=1S/C14H13Br2NO2/c1-14(2)6-19-13-9(14)12(18-3)8-4-7(15)5-17-11(8)10(13)16/h4-5H,6H2,1-3H3. The molecule has 0 fully saturated rings. The van der Waals surface area contributed by atoms with Crippen LogP contribution in [0.2, 0.25) is 0 Å². The van der Waals surface area contributed by atoms with Crippen LogP contribution in [0.1, 0.15) is 19.4 Å². The van der Waals surface area contributed by atoms with E-state index >= 15 is 0 Å². The van der Waals surface area contributed by atoms with Crippen LogP contribution in [0.15, 0.2) is 21.2 Å². The number of pyridine rings is 1. The number of hydrogen-bond acceptors (Lipinski definition) is 3. The molecule has 1 aliphatic rings. The first-order valence-corrected chi connectivity index (χ1v) is 7.52. The quantitative estimate of drug-likeness (QED) is 0.726. The third-order valence-electron chi connectivity index (χ3n) is 3.42. The molecular weight excluding hydrogens is 374 g/mol. The second kappa shape index (κ2) is 4.35. The average Bonchev–Trinajstić information content (AvgIpc) is 2.67. The SMILES string of the molecule is COc1c2c(c(Br)c3ncc(Br)cc13)OCC2(C)C. The number of nitrogens with zero attached hydrogens (tertiary/aromatic N) is 1. The van der Waals surface area contributed by atoms with Gasteiger partial charge in [0.2, 0.25) is 0 Å². The fraction of sp³-hybridized carbons (Fsp3) is 0.357. The summed E-state index contributed by atoms with van der Waals surface area (Å²) in [6.45, 7) is 4.96. The molecule has 3 nitrogen and oxygen atoms in total. The predicted molar refractivity (Wildman–Crippen MR) is 82.2 cm³/mol. The van der Waals surface area contributed by atoms with E-state index in [2.05, 4.69) is 50.7 Å². The summed E-state index contributed by atoms with van der Waals surface area (Å²) in [5.74, 6) is 1.70. The number of halogens is 2. The minimum Gasteiger partial charge on any atom is -0.496 e. The Kier molecular flexibility index (Phi) is 3.02. The van der Waals surface area contributed by atoms with Gasteiger partial charge in [0.15, 0.2) is 0 Å². The maximum atomic E-state index is 5.85. The minimum absolute atomic E-state index is 0.0697. The Hall–Kier alpha value is -0.810. The first kappa shape index (κ1) is 13.2. The van der Waals surface area contributed by atoms with E-state index in [-0.39, 0.29) is 5.41 Å². The van der Waals surface area contributed by atoms with Crippen molar-refractivity contribution in [2.75, 3.05) is 13.7 Å². The summed E-state index contributed by atoms with van der Waals surface area (Å²) in [6.07, 6.45) is 1.78. The molecule has 0 spiro atoms. The normalized spacial score (nSPS) is 16.3. The number of methoxy groups -OCH3 is 1. The van der Waals surface area contributed by atoms with Gasteiger partial charge in [-0.05, 0) is 37.9 Å². The second-order valence-corrected chi connectivity index (χ2v) is 6.98. The van der Waals surface area contributed by atoms with E-state index in [1.54, 1.807) is 13.3 Å². The van der Waals surface area contributed by atoms with Crippen LogP contribution in [-0.2, 0) is 5.41 Å². The van der Waals surface area contributed by atoms with Gasteiger partial charge in [0.05, 0.1) is 23.7 Å². The van der Waals surface area contributed by atoms with Gasteiger partial charge in [-0.1, -0.05) is 13.8 Å². The number of fused-ring (bicyclic) bond motifs is 2. The molecule has 3 rings (SSSR count). The first-order chi connectivity index (χ1) is 8.95. The summed E-state index contributed by atoms with van der Waals surface area (Å²) in [7, 11) is 1.69. The molecule has 5 heteroatoms. The molecule has 0 unspecified atom stereocenters. The molecule has 0 radical (unpaired) electrons. The highest BCUT2D eigenvalue weighted by molar-refractivity contribution is 9.11. The zero-order chi connectivity index (χ0) is 13.8. The lowest BCUT2D eigenvalue weighted by Crippen LogP contribution is -2.19. The van der Waals surface area contributed by atoms with E-state index in [0.717, 1.165) is 36.9 Å². The fourth-order valence-corrected chi connectivity index (χ4v) is 3.49. The van der Waals surface area contributed by atoms with Crippen LogP contribution >= 0.6 is 31.9 Å². The van der Waals surface area contributed by atoms with Gasteiger partial charge in [0.25, 0.3) is 0 Å². The molecule has 0 atom stereocenters. The van der Waals surface area contributed by atoms with Crippen molar-refractivity contribution in [2.45, 2.75) is 19.3 Å². The van der Waals surface area contributed by atoms with Crippen molar-refractivity contribution in [1.29, 1.82) is 0 Å². The Labute approximate surface area is 128 Å². The van der Waals surface area contributed by atoms with Gasteiger partial charge in [-0.2, -0.15) is 0 Å². The molecule has 1 aromatic carbocycles. The number of benzene rings is 1. The smallest absolute Gasteiger partial charge is 0.143 e. The Morgan fingerprint density at radius 1 is 1.37 bits per heavy atom. The van der Waals surface area contributed by atoms with Crippen molar-refractivity contribution in [3.8, 4) is 11.5 Å². The highest BCUT2D eigenvalue weighted by Crippen LogP contribution is 2.52. The van der Waals surface area contributed by atoms with Crippen LogP contribution in [0.5, 0.6) is 11.5 Å². The van der Waals surface area contributed by atoms with Crippen molar-refractivity contribution < 1.29 is 9.47 Å². The van der Waals surface area contributed by atoms with Crippen LogP contribution < -0.4 is 9.47 Å². The summed E-state index contributed by atoms with van der Waals surface area (Å²) in [4.78, 5) is 4.46. The highest BCUT2D eigenvalue weighted by Gasteiger charge is 2.38. The van der Waals surface area contributed by atoms with Crippen molar-refractivity contribution in [1.82, 2.24) is 4.98 Å². The van der Waals surface area contributed by atoms with Gasteiger partial charge >= 0.3 is 0 Å². The van der Waals surface area contributed by atoms with E-state index in [1.807, 2.05) is 6.07 Å². The number of hydrogen-bond donors (Lipinski definition) is 0. The molecule has 0 bridgehead atoms. The summed E-state index contributed by atoms with van der Waals surface area (Å²) in [5.41, 5.74) is 1.89. The molecule has 0 saturated heterocycles. The summed E-state index contributed by atoms with van der Waals surface area (Å²) in [6, 6.07) is 2.03. The van der Waals surface area contributed by atoms with Crippen molar-refractivity contribution in [3.05, 3.63) is 26.8 Å². The molecule has 1 aliphatic heterocycles. The molecule has 19 heavy (non-hydrogen) atoms. The van der Waals surface area contributed by atoms with Gasteiger partial charge in [-0.3, -0.25) is 4.98 Å². The molecule has 0 amide bonds. The molecule has 2 heterocycles. The number of ether oxygens (including phenoxy) is 2. The summed E-state index contributed by atoms with van der Waals surface area (Å²) < 4.78 is 13.3. The average molecular weight is 387 g/mol. The second-order valence-electron chi connectivity index (χ2n) is 5.27. The third kappa shape index (κ3) is 1.86. The topological polar surface area (TPSA) is 31.4 Å². The molecular formula is C14H13Br2NO2. The third-order valence-corrected chi connectivity index (χ3v) is 4.59. The first-order valence-electron chi connectivity index (χ1n) is 5.93. The zero-order valence-electron chi connectivity index (χ0n) is 10.9. The van der Waals surface area contributed by atoms with Gasteiger partial charge < -0.3 is 9.47 Å². The lowest BCUT2D eigenvalue weighted by Gasteiger charge is -2.20. The maximum absolute atomic E-state index is 5.85. The molecule has 100 valence electrons. The van der Waals surface area contributed by atoms with E-state index in [9.17, 15) is 0 Å². The van der Waals surface area contributed by atoms with Crippen molar-refractivity contribution in [3.63, 3.8) is 0 Å². The Morgan fingerprint density at radius 2 is 2.11 bits per heavy atom. The Morgan fingerprint density at radius 3 is 2.79 bits per heavy atom. The van der Waals surface area contributed by atoms with Gasteiger partial charge in [0, 0.05) is 27.0 Å². The zero-order valence-corrected chi connectivity index (χ0v) is 14.1. The number of aromatic nitrogens is 1. The van der Waals surface area contributed by atoms with E-state index in [0.29, 0.717) is 6.61 Å². The van der Waals surface area contributed by atoms with Gasteiger partial charge in [-0.25, -0.2) is 0 Å². The largest absolute Gasteiger partial charge is 0.496 e. The molecule has 0 aliphatic carbocycles. The van der Waals surface area contributed by atoms with Crippen molar-refractivity contribution in [2.24, 2.45) is 0 Å². The van der Waals surface area contributed by atoms with Crippen LogP contribution in [-0.4, -0.2) is 18.7 Å². The lowest BCUT2D eigenvalue weighted by atomic mass is 9.85. The van der Waals surface area contributed by atoms with E-state index in [4.69, 9.17) is 9.47 Å². The number of rotatable bonds is 1. The van der Waals surface area contributed by atoms with Crippen LogP contribution in [0.25, 0.3) is 10.9 Å². The van der Waals surface area contributed by atoms with Crippen molar-refractivity contribution >= 4 is 42.8 Å². The highest BCUT2D eigenvalue weighted by atomic mass is 79.9. The fourth-order valence-electron chi connectivity index (χ4n) is 2.53. The molecule has 0 saturated carbocycles. The van der Waals surface area contributed by atoms with E-state index in [1.165, 1.54) is 0 Å². The van der Waals surface area contributed by atoms with Crippen LogP contribution in [0, 0.1) is 0 Å². The van der Waals surface area contributed by atoms with Gasteiger partial charge in [-0.15, -0.1) is 0 Å². The minimum atomic E-state index is -0.0697. The maximum Gasteiger partial charge on any atom is 0.143 e. The van der Waals surface area contributed by atoms with E-state index < -0.39 is 0 Å². The Bertz CT molecular complexity index is 683. The molecule has 0 N–H and O–H groups in total. The monoisotopic (exact) mass is 385 g/mol.